The molecule has 0 aliphatic heterocycles. The van der Waals surface area contributed by atoms with E-state index in [0.717, 1.165) is 6.07 Å². The summed E-state index contributed by atoms with van der Waals surface area (Å²) in [5.74, 6) is -1.49. The van der Waals surface area contributed by atoms with Crippen LogP contribution in [0.5, 0.6) is 0 Å². The van der Waals surface area contributed by atoms with Gasteiger partial charge in [-0.1, -0.05) is 6.07 Å². The van der Waals surface area contributed by atoms with E-state index in [-0.39, 0.29) is 11.9 Å². The molecular weight excluding hydrogens is 251 g/mol. The number of halogens is 3. The second kappa shape index (κ2) is 5.34. The first-order valence-electron chi connectivity index (χ1n) is 5.95. The Bertz CT molecular complexity index is 596. The van der Waals surface area contributed by atoms with Gasteiger partial charge in [-0.25, -0.2) is 13.2 Å². The van der Waals surface area contributed by atoms with E-state index in [9.17, 15) is 13.2 Å². The van der Waals surface area contributed by atoms with Crippen molar-refractivity contribution in [2.75, 3.05) is 5.32 Å². The Morgan fingerprint density at radius 1 is 0.947 bits per heavy atom. The smallest absolute Gasteiger partial charge is 0.131 e. The Morgan fingerprint density at radius 2 is 1.68 bits per heavy atom. The molecule has 0 fully saturated rings. The topological polar surface area (TPSA) is 12.0 Å². The monoisotopic (exact) mass is 265 g/mol. The minimum Gasteiger partial charge on any atom is -0.378 e. The lowest BCUT2D eigenvalue weighted by molar-refractivity contribution is 0.566. The van der Waals surface area contributed by atoms with Crippen LogP contribution >= 0.6 is 0 Å². The highest BCUT2D eigenvalue weighted by molar-refractivity contribution is 5.48. The van der Waals surface area contributed by atoms with Crippen LogP contribution in [0.2, 0.25) is 0 Å². The van der Waals surface area contributed by atoms with Crippen LogP contribution in [-0.4, -0.2) is 0 Å². The summed E-state index contributed by atoms with van der Waals surface area (Å²) in [5, 5.41) is 3.06. The normalized spacial score (nSPS) is 12.3. The predicted molar refractivity (Wildman–Crippen MR) is 69.5 cm³/mol. The maximum absolute atomic E-state index is 13.6. The van der Waals surface area contributed by atoms with E-state index >= 15 is 0 Å². The molecule has 2 rings (SSSR count). The van der Waals surface area contributed by atoms with E-state index in [1.54, 1.807) is 26.0 Å². The highest BCUT2D eigenvalue weighted by Gasteiger charge is 2.12. The fourth-order valence-electron chi connectivity index (χ4n) is 1.91. The van der Waals surface area contributed by atoms with Crippen molar-refractivity contribution < 1.29 is 13.2 Å². The molecule has 0 amide bonds. The molecule has 1 nitrogen and oxygen atoms in total. The maximum atomic E-state index is 13.6. The second-order valence-electron chi connectivity index (χ2n) is 4.50. The van der Waals surface area contributed by atoms with Crippen molar-refractivity contribution >= 4 is 5.69 Å². The van der Waals surface area contributed by atoms with Gasteiger partial charge in [-0.3, -0.25) is 0 Å². The van der Waals surface area contributed by atoms with Crippen molar-refractivity contribution in [3.63, 3.8) is 0 Å². The van der Waals surface area contributed by atoms with Crippen molar-refractivity contribution in [1.82, 2.24) is 0 Å². The summed E-state index contributed by atoms with van der Waals surface area (Å²) in [6.07, 6.45) is 0. The van der Waals surface area contributed by atoms with Gasteiger partial charge in [-0.05, 0) is 43.7 Å². The number of anilines is 1. The number of nitrogens with one attached hydrogen (secondary N) is 1. The average Bonchev–Trinajstić information content (AvgIpc) is 2.33. The van der Waals surface area contributed by atoms with Gasteiger partial charge in [0.1, 0.15) is 17.5 Å². The molecule has 0 spiro atoms. The zero-order chi connectivity index (χ0) is 14.0. The maximum Gasteiger partial charge on any atom is 0.131 e. The highest BCUT2D eigenvalue weighted by atomic mass is 19.1. The number of aryl methyl sites for hydroxylation is 1. The number of hydrogen-bond acceptors (Lipinski definition) is 1. The predicted octanol–water partition coefficient (Wildman–Crippen LogP) is 4.59. The molecule has 0 heterocycles. The Balaban J connectivity index is 2.20. The van der Waals surface area contributed by atoms with Gasteiger partial charge in [0.05, 0.1) is 6.04 Å². The molecule has 19 heavy (non-hydrogen) atoms. The summed E-state index contributed by atoms with van der Waals surface area (Å²) in [5.41, 5.74) is 1.57. The van der Waals surface area contributed by atoms with Crippen LogP contribution in [0.1, 0.15) is 24.1 Å². The number of benzene rings is 2. The van der Waals surface area contributed by atoms with Crippen LogP contribution in [0.15, 0.2) is 36.4 Å². The molecule has 2 aromatic carbocycles. The fraction of sp³-hybridized carbons (Fsp3) is 0.200. The van der Waals surface area contributed by atoms with Crippen LogP contribution in [0, 0.1) is 24.4 Å². The van der Waals surface area contributed by atoms with E-state index in [0.29, 0.717) is 16.8 Å². The molecule has 1 atom stereocenters. The van der Waals surface area contributed by atoms with Gasteiger partial charge in [0.25, 0.3) is 0 Å². The van der Waals surface area contributed by atoms with Crippen molar-refractivity contribution in [2.24, 2.45) is 0 Å². The molecule has 0 aliphatic rings. The first kappa shape index (κ1) is 13.5. The minimum absolute atomic E-state index is 0.286. The summed E-state index contributed by atoms with van der Waals surface area (Å²) in [7, 11) is 0. The average molecular weight is 265 g/mol. The minimum atomic E-state index is -0.605. The summed E-state index contributed by atoms with van der Waals surface area (Å²) in [6.45, 7) is 3.42. The Labute approximate surface area is 110 Å². The van der Waals surface area contributed by atoms with E-state index < -0.39 is 11.6 Å². The van der Waals surface area contributed by atoms with Gasteiger partial charge in [0.2, 0.25) is 0 Å². The molecule has 1 N–H and O–H groups in total. The van der Waals surface area contributed by atoms with Gasteiger partial charge >= 0.3 is 0 Å². The third-order valence-electron chi connectivity index (χ3n) is 2.97. The molecule has 0 bridgehead atoms. The van der Waals surface area contributed by atoms with Gasteiger partial charge in [0.15, 0.2) is 0 Å². The van der Waals surface area contributed by atoms with Crippen molar-refractivity contribution in [1.29, 1.82) is 0 Å². The molecule has 4 heteroatoms. The number of hydrogen-bond donors (Lipinski definition) is 1. The first-order chi connectivity index (χ1) is 8.97. The van der Waals surface area contributed by atoms with Crippen LogP contribution in [-0.2, 0) is 0 Å². The first-order valence-corrected chi connectivity index (χ1v) is 5.95. The summed E-state index contributed by atoms with van der Waals surface area (Å²) in [6, 6.07) is 7.71. The van der Waals surface area contributed by atoms with Crippen LogP contribution in [0.25, 0.3) is 0 Å². The van der Waals surface area contributed by atoms with E-state index in [1.165, 1.54) is 18.2 Å². The summed E-state index contributed by atoms with van der Waals surface area (Å²) < 4.78 is 39.6. The van der Waals surface area contributed by atoms with E-state index in [1.807, 2.05) is 0 Å². The second-order valence-corrected chi connectivity index (χ2v) is 4.50. The molecule has 0 aliphatic carbocycles. The van der Waals surface area contributed by atoms with E-state index in [4.69, 9.17) is 0 Å². The van der Waals surface area contributed by atoms with E-state index in [2.05, 4.69) is 5.32 Å². The molecule has 1 unspecified atom stereocenters. The summed E-state index contributed by atoms with van der Waals surface area (Å²) in [4.78, 5) is 0. The Hall–Kier alpha value is -1.97. The molecule has 0 aromatic heterocycles. The third-order valence-corrected chi connectivity index (χ3v) is 2.97. The SMILES string of the molecule is Cc1cc(NC(C)c2ccc(F)cc2F)ccc1F. The molecule has 2 aromatic rings. The Morgan fingerprint density at radius 3 is 2.32 bits per heavy atom. The zero-order valence-electron chi connectivity index (χ0n) is 10.7. The lowest BCUT2D eigenvalue weighted by Crippen LogP contribution is -2.09. The van der Waals surface area contributed by atoms with Crippen molar-refractivity contribution in [2.45, 2.75) is 19.9 Å². The van der Waals surface area contributed by atoms with Crippen molar-refractivity contribution in [3.8, 4) is 0 Å². The summed E-state index contributed by atoms with van der Waals surface area (Å²) >= 11 is 0. The van der Waals surface area contributed by atoms with Gasteiger partial charge < -0.3 is 5.32 Å². The lowest BCUT2D eigenvalue weighted by atomic mass is 10.1. The largest absolute Gasteiger partial charge is 0.378 e. The quantitative estimate of drug-likeness (QED) is 0.856. The fourth-order valence-corrected chi connectivity index (χ4v) is 1.91. The van der Waals surface area contributed by atoms with Gasteiger partial charge in [-0.2, -0.15) is 0 Å². The van der Waals surface area contributed by atoms with Crippen LogP contribution < -0.4 is 5.32 Å². The standard InChI is InChI=1S/C15H14F3N/c1-9-7-12(4-6-14(9)17)19-10(2)13-5-3-11(16)8-15(13)18/h3-8,10,19H,1-2H3. The lowest BCUT2D eigenvalue weighted by Gasteiger charge is -2.17. The third kappa shape index (κ3) is 3.08. The van der Waals surface area contributed by atoms with Crippen LogP contribution in [0.3, 0.4) is 0 Å². The Kier molecular flexibility index (Phi) is 3.79. The molecular formula is C15H14F3N. The van der Waals surface area contributed by atoms with Crippen LogP contribution in [0.4, 0.5) is 18.9 Å². The molecule has 100 valence electrons. The van der Waals surface area contributed by atoms with Gasteiger partial charge in [-0.15, -0.1) is 0 Å². The van der Waals surface area contributed by atoms with Gasteiger partial charge in [0, 0.05) is 17.3 Å². The molecule has 0 saturated heterocycles. The zero-order valence-corrected chi connectivity index (χ0v) is 10.7. The molecule has 0 saturated carbocycles. The highest BCUT2D eigenvalue weighted by Crippen LogP contribution is 2.23. The molecule has 0 radical (unpaired) electrons. The number of rotatable bonds is 3. The van der Waals surface area contributed by atoms with Crippen molar-refractivity contribution in [3.05, 3.63) is 65.0 Å².